The zero-order valence-corrected chi connectivity index (χ0v) is 12.8. The van der Waals surface area contributed by atoms with Gasteiger partial charge in [-0.3, -0.25) is 0 Å². The van der Waals surface area contributed by atoms with Crippen LogP contribution < -0.4 is 15.4 Å². The lowest BCUT2D eigenvalue weighted by atomic mass is 10.2. The lowest BCUT2D eigenvalue weighted by Crippen LogP contribution is -2.40. The molecule has 0 aliphatic rings. The Morgan fingerprint density at radius 2 is 1.95 bits per heavy atom. The fourth-order valence-electron chi connectivity index (χ4n) is 2.36. The average molecular weight is 265 g/mol. The second kappa shape index (κ2) is 7.24. The predicted molar refractivity (Wildman–Crippen MR) is 83.1 cm³/mol. The Morgan fingerprint density at radius 1 is 1.26 bits per heavy atom. The van der Waals surface area contributed by atoms with Gasteiger partial charge in [-0.2, -0.15) is 0 Å². The summed E-state index contributed by atoms with van der Waals surface area (Å²) in [5.74, 6) is 0.774. The SMILES string of the molecule is CCOc1cc(N(CC)C(C)CN(C)C)ccc1N. The molecule has 0 fully saturated rings. The molecule has 4 heteroatoms. The highest BCUT2D eigenvalue weighted by molar-refractivity contribution is 5.62. The molecule has 108 valence electrons. The molecule has 4 nitrogen and oxygen atoms in total. The third kappa shape index (κ3) is 4.31. The van der Waals surface area contributed by atoms with E-state index in [0.717, 1.165) is 24.5 Å². The first-order valence-electron chi connectivity index (χ1n) is 6.93. The van der Waals surface area contributed by atoms with E-state index in [0.29, 0.717) is 18.3 Å². The van der Waals surface area contributed by atoms with Gasteiger partial charge in [0.25, 0.3) is 0 Å². The van der Waals surface area contributed by atoms with Crippen LogP contribution in [0.4, 0.5) is 11.4 Å². The maximum Gasteiger partial charge on any atom is 0.144 e. The number of benzene rings is 1. The summed E-state index contributed by atoms with van der Waals surface area (Å²) in [6, 6.07) is 6.46. The molecule has 0 saturated carbocycles. The summed E-state index contributed by atoms with van der Waals surface area (Å²) in [7, 11) is 4.19. The molecule has 2 N–H and O–H groups in total. The maximum atomic E-state index is 5.92. The molecule has 0 saturated heterocycles. The summed E-state index contributed by atoms with van der Waals surface area (Å²) in [6.07, 6.45) is 0. The van der Waals surface area contributed by atoms with Crippen LogP contribution in [0.25, 0.3) is 0 Å². The number of rotatable bonds is 7. The quantitative estimate of drug-likeness (QED) is 0.769. The fourth-order valence-corrected chi connectivity index (χ4v) is 2.36. The highest BCUT2D eigenvalue weighted by Gasteiger charge is 2.15. The zero-order chi connectivity index (χ0) is 14.4. The zero-order valence-electron chi connectivity index (χ0n) is 12.8. The minimum Gasteiger partial charge on any atom is -0.492 e. The molecule has 1 aromatic rings. The molecule has 1 aromatic carbocycles. The Labute approximate surface area is 117 Å². The second-order valence-corrected chi connectivity index (χ2v) is 5.05. The van der Waals surface area contributed by atoms with Crippen molar-refractivity contribution >= 4 is 11.4 Å². The number of nitrogens with two attached hydrogens (primary N) is 1. The summed E-state index contributed by atoms with van der Waals surface area (Å²) in [5, 5.41) is 0. The van der Waals surface area contributed by atoms with Crippen LogP contribution in [0.1, 0.15) is 20.8 Å². The van der Waals surface area contributed by atoms with E-state index in [9.17, 15) is 0 Å². The average Bonchev–Trinajstić information content (AvgIpc) is 2.33. The number of anilines is 2. The lowest BCUT2D eigenvalue weighted by Gasteiger charge is -2.32. The number of nitrogens with zero attached hydrogens (tertiary/aromatic N) is 2. The molecule has 0 aromatic heterocycles. The monoisotopic (exact) mass is 265 g/mol. The van der Waals surface area contributed by atoms with Crippen molar-refractivity contribution < 1.29 is 4.74 Å². The number of hydrogen-bond acceptors (Lipinski definition) is 4. The van der Waals surface area contributed by atoms with E-state index in [2.05, 4.69) is 43.8 Å². The Balaban J connectivity index is 2.94. The number of likely N-dealkylation sites (N-methyl/N-ethyl adjacent to an activating group) is 2. The summed E-state index contributed by atoms with van der Waals surface area (Å²) in [4.78, 5) is 4.57. The van der Waals surface area contributed by atoms with Crippen molar-refractivity contribution in [2.45, 2.75) is 26.8 Å². The van der Waals surface area contributed by atoms with Gasteiger partial charge in [0.15, 0.2) is 0 Å². The van der Waals surface area contributed by atoms with Crippen LogP contribution in [-0.2, 0) is 0 Å². The third-order valence-electron chi connectivity index (χ3n) is 3.13. The summed E-state index contributed by atoms with van der Waals surface area (Å²) in [6.45, 7) is 8.99. The Hall–Kier alpha value is -1.42. The molecular weight excluding hydrogens is 238 g/mol. The van der Waals surface area contributed by atoms with Crippen LogP contribution in [-0.4, -0.2) is 44.7 Å². The molecule has 0 heterocycles. The van der Waals surface area contributed by atoms with E-state index in [1.165, 1.54) is 0 Å². The standard InChI is InChI=1S/C15H27N3O/c1-6-18(12(3)11-17(4)5)13-8-9-14(16)15(10-13)19-7-2/h8-10,12H,6-7,11,16H2,1-5H3. The third-order valence-corrected chi connectivity index (χ3v) is 3.13. The normalized spacial score (nSPS) is 12.5. The topological polar surface area (TPSA) is 41.7 Å². The molecule has 1 unspecified atom stereocenters. The van der Waals surface area contributed by atoms with Gasteiger partial charge in [-0.15, -0.1) is 0 Å². The first-order valence-corrected chi connectivity index (χ1v) is 6.93. The van der Waals surface area contributed by atoms with E-state index in [4.69, 9.17) is 10.5 Å². The van der Waals surface area contributed by atoms with Crippen LogP contribution >= 0.6 is 0 Å². The van der Waals surface area contributed by atoms with E-state index in [-0.39, 0.29) is 0 Å². The van der Waals surface area contributed by atoms with Crippen LogP contribution in [0.5, 0.6) is 5.75 Å². The van der Waals surface area contributed by atoms with Crippen LogP contribution in [0.3, 0.4) is 0 Å². The molecule has 0 spiro atoms. The van der Waals surface area contributed by atoms with Gasteiger partial charge < -0.3 is 20.3 Å². The molecule has 0 radical (unpaired) electrons. The summed E-state index contributed by atoms with van der Waals surface area (Å²) in [5.41, 5.74) is 7.78. The maximum absolute atomic E-state index is 5.92. The van der Waals surface area contributed by atoms with Gasteiger partial charge in [0.1, 0.15) is 5.75 Å². The van der Waals surface area contributed by atoms with Gasteiger partial charge in [0.2, 0.25) is 0 Å². The number of nitrogen functional groups attached to an aromatic ring is 1. The highest BCUT2D eigenvalue weighted by Crippen LogP contribution is 2.28. The van der Waals surface area contributed by atoms with E-state index < -0.39 is 0 Å². The molecule has 1 atom stereocenters. The predicted octanol–water partition coefficient (Wildman–Crippen LogP) is 2.44. The number of ether oxygens (including phenoxy) is 1. The summed E-state index contributed by atoms with van der Waals surface area (Å²) >= 11 is 0. The lowest BCUT2D eigenvalue weighted by molar-refractivity contribution is 0.341. The molecule has 1 rings (SSSR count). The van der Waals surface area contributed by atoms with Crippen molar-refractivity contribution in [1.82, 2.24) is 4.90 Å². The van der Waals surface area contributed by atoms with Crippen molar-refractivity contribution in [3.05, 3.63) is 18.2 Å². The van der Waals surface area contributed by atoms with Crippen molar-refractivity contribution in [3.63, 3.8) is 0 Å². The molecule has 0 aliphatic carbocycles. The van der Waals surface area contributed by atoms with Crippen LogP contribution in [0.15, 0.2) is 18.2 Å². The van der Waals surface area contributed by atoms with Gasteiger partial charge in [-0.1, -0.05) is 0 Å². The minimum atomic E-state index is 0.443. The van der Waals surface area contributed by atoms with Crippen LogP contribution in [0.2, 0.25) is 0 Å². The summed E-state index contributed by atoms with van der Waals surface area (Å²) < 4.78 is 5.57. The Kier molecular flexibility index (Phi) is 5.96. The van der Waals surface area contributed by atoms with Crippen molar-refractivity contribution in [3.8, 4) is 5.75 Å². The van der Waals surface area contributed by atoms with E-state index >= 15 is 0 Å². The van der Waals surface area contributed by atoms with Gasteiger partial charge in [0.05, 0.1) is 12.3 Å². The first-order chi connectivity index (χ1) is 8.99. The van der Waals surface area contributed by atoms with Crippen molar-refractivity contribution in [2.75, 3.05) is 44.4 Å². The largest absolute Gasteiger partial charge is 0.492 e. The van der Waals surface area contributed by atoms with Crippen molar-refractivity contribution in [1.29, 1.82) is 0 Å². The minimum absolute atomic E-state index is 0.443. The molecular formula is C15H27N3O. The first kappa shape index (κ1) is 15.6. The van der Waals surface area contributed by atoms with Gasteiger partial charge in [-0.25, -0.2) is 0 Å². The fraction of sp³-hybridized carbons (Fsp3) is 0.600. The molecule has 0 aliphatic heterocycles. The Morgan fingerprint density at radius 3 is 2.47 bits per heavy atom. The van der Waals surface area contributed by atoms with Crippen molar-refractivity contribution in [2.24, 2.45) is 0 Å². The van der Waals surface area contributed by atoms with Gasteiger partial charge >= 0.3 is 0 Å². The van der Waals surface area contributed by atoms with Crippen LogP contribution in [0, 0.1) is 0 Å². The highest BCUT2D eigenvalue weighted by atomic mass is 16.5. The molecule has 0 bridgehead atoms. The molecule has 19 heavy (non-hydrogen) atoms. The van der Waals surface area contributed by atoms with Gasteiger partial charge in [0, 0.05) is 30.9 Å². The van der Waals surface area contributed by atoms with E-state index in [1.807, 2.05) is 19.1 Å². The molecule has 0 amide bonds. The number of hydrogen-bond donors (Lipinski definition) is 1. The van der Waals surface area contributed by atoms with E-state index in [1.54, 1.807) is 0 Å². The Bertz CT molecular complexity index is 393. The smallest absolute Gasteiger partial charge is 0.144 e. The second-order valence-electron chi connectivity index (χ2n) is 5.05. The van der Waals surface area contributed by atoms with Gasteiger partial charge in [-0.05, 0) is 47.0 Å².